The summed E-state index contributed by atoms with van der Waals surface area (Å²) >= 11 is 0. The summed E-state index contributed by atoms with van der Waals surface area (Å²) in [5.74, 6) is 0.201. The van der Waals surface area contributed by atoms with Crippen LogP contribution < -0.4 is 10.6 Å². The zero-order valence-electron chi connectivity index (χ0n) is 20.4. The number of unbranched alkanes of at least 4 members (excludes halogenated alkanes) is 4. The normalized spacial score (nSPS) is 12.1. The molecule has 0 aromatic heterocycles. The van der Waals surface area contributed by atoms with E-state index >= 15 is 0 Å². The van der Waals surface area contributed by atoms with Gasteiger partial charge in [0.25, 0.3) is 0 Å². The molecule has 184 valence electrons. The van der Waals surface area contributed by atoms with E-state index in [4.69, 9.17) is 14.3 Å². The summed E-state index contributed by atoms with van der Waals surface area (Å²) in [5, 5.41) is 23.5. The Labute approximate surface area is 192 Å². The molecule has 31 heavy (non-hydrogen) atoms. The molecule has 0 heterocycles. The number of amides is 2. The molecule has 2 amide bonds. The average Bonchev–Trinajstić information content (AvgIpc) is 2.68. The van der Waals surface area contributed by atoms with E-state index in [-0.39, 0.29) is 25.0 Å². The van der Waals surface area contributed by atoms with Crippen molar-refractivity contribution in [1.29, 1.82) is 0 Å². The quantitative estimate of drug-likeness (QED) is 0.159. The molecule has 0 aliphatic rings. The zero-order valence-corrected chi connectivity index (χ0v) is 22.4. The third-order valence-electron chi connectivity index (χ3n) is 5.23. The molecule has 0 aliphatic heterocycles. The third kappa shape index (κ3) is 19.6. The highest BCUT2D eigenvalue weighted by molar-refractivity contribution is 6.84. The van der Waals surface area contributed by atoms with Gasteiger partial charge in [-0.25, -0.2) is 0 Å². The Morgan fingerprint density at radius 2 is 1.03 bits per heavy atom. The summed E-state index contributed by atoms with van der Waals surface area (Å²) in [6, 6.07) is 2.05. The van der Waals surface area contributed by atoms with Crippen LogP contribution in [0.15, 0.2) is 0 Å². The first kappa shape index (κ1) is 30.3. The van der Waals surface area contributed by atoms with Crippen LogP contribution >= 0.6 is 0 Å². The van der Waals surface area contributed by atoms with Gasteiger partial charge in [0, 0.05) is 39.1 Å². The van der Waals surface area contributed by atoms with E-state index in [0.29, 0.717) is 25.9 Å². The van der Waals surface area contributed by atoms with E-state index in [1.54, 1.807) is 0 Å². The molecule has 9 heteroatoms. The highest BCUT2D eigenvalue weighted by Crippen LogP contribution is 2.23. The van der Waals surface area contributed by atoms with Crippen molar-refractivity contribution in [2.45, 2.75) is 102 Å². The summed E-state index contributed by atoms with van der Waals surface area (Å²) in [7, 11) is -3.56. The largest absolute Gasteiger partial charge is 0.455 e. The van der Waals surface area contributed by atoms with Crippen molar-refractivity contribution in [1.82, 2.24) is 10.6 Å². The topological polar surface area (TPSA) is 108 Å². The SMILES string of the molecule is C[Si](C)(CCCNC(=O)CCCCCO)O[Si](C)(C)CCCNC(=O)CCCCCO. The molecule has 0 bridgehead atoms. The van der Waals surface area contributed by atoms with Crippen LogP contribution in [-0.4, -0.2) is 65.0 Å². The highest BCUT2D eigenvalue weighted by atomic mass is 28.4. The predicted molar refractivity (Wildman–Crippen MR) is 132 cm³/mol. The number of aliphatic hydroxyl groups excluding tert-OH is 2. The van der Waals surface area contributed by atoms with Gasteiger partial charge in [0.1, 0.15) is 0 Å². The molecule has 7 nitrogen and oxygen atoms in total. The molecule has 0 rings (SSSR count). The molecular formula is C22H48N2O5Si2. The maximum Gasteiger partial charge on any atom is 0.219 e. The Bertz CT molecular complexity index is 449. The molecule has 4 N–H and O–H groups in total. The first-order chi connectivity index (χ1) is 14.6. The standard InChI is InChI=1S/C22H48N2O5Si2/c1-30(2,19-11-15-23-21(27)13-7-5-9-17-25)29-31(3,4)20-12-16-24-22(28)14-8-6-10-18-26/h25-26H,5-20H2,1-4H3,(H,23,27)(H,24,28). The second-order valence-corrected chi connectivity index (χ2v) is 18.5. The van der Waals surface area contributed by atoms with Gasteiger partial charge in [0.2, 0.25) is 11.8 Å². The Balaban J connectivity index is 3.94. The van der Waals surface area contributed by atoms with Gasteiger partial charge in [-0.1, -0.05) is 12.8 Å². The molecule has 0 saturated heterocycles. The highest BCUT2D eigenvalue weighted by Gasteiger charge is 2.32. The fourth-order valence-corrected chi connectivity index (χ4v) is 12.5. The molecule has 0 radical (unpaired) electrons. The molecule has 0 saturated carbocycles. The van der Waals surface area contributed by atoms with Crippen LogP contribution in [0.5, 0.6) is 0 Å². The summed E-state index contributed by atoms with van der Waals surface area (Å²) in [5.41, 5.74) is 0. The average molecular weight is 477 g/mol. The lowest BCUT2D eigenvalue weighted by molar-refractivity contribution is -0.122. The molecule has 0 fully saturated rings. The number of carbonyl (C=O) groups is 2. The second kappa shape index (κ2) is 17.8. The lowest BCUT2D eigenvalue weighted by atomic mass is 10.2. The summed E-state index contributed by atoms with van der Waals surface area (Å²) < 4.78 is 6.63. The van der Waals surface area contributed by atoms with E-state index in [0.717, 1.165) is 63.5 Å². The zero-order chi connectivity index (χ0) is 23.6. The van der Waals surface area contributed by atoms with Crippen LogP contribution in [0.4, 0.5) is 0 Å². The first-order valence-corrected chi connectivity index (χ1v) is 18.3. The number of nitrogens with one attached hydrogen (secondary N) is 2. The Kier molecular flexibility index (Phi) is 17.3. The predicted octanol–water partition coefficient (Wildman–Crippen LogP) is 3.53. The van der Waals surface area contributed by atoms with Crippen molar-refractivity contribution >= 4 is 28.4 Å². The van der Waals surface area contributed by atoms with Gasteiger partial charge in [-0.05, 0) is 76.8 Å². The summed E-state index contributed by atoms with van der Waals surface area (Å²) in [6.45, 7) is 10.8. The van der Waals surface area contributed by atoms with Gasteiger partial charge in [-0.3, -0.25) is 9.59 Å². The van der Waals surface area contributed by atoms with Gasteiger partial charge >= 0.3 is 0 Å². The van der Waals surface area contributed by atoms with Crippen LogP contribution in [0.3, 0.4) is 0 Å². The lowest BCUT2D eigenvalue weighted by Crippen LogP contribution is -2.45. The molecule has 0 aliphatic carbocycles. The Morgan fingerprint density at radius 1 is 0.645 bits per heavy atom. The minimum absolute atomic E-state index is 0.100. The smallest absolute Gasteiger partial charge is 0.219 e. The Morgan fingerprint density at radius 3 is 1.39 bits per heavy atom. The maximum absolute atomic E-state index is 11.8. The summed E-state index contributed by atoms with van der Waals surface area (Å²) in [4.78, 5) is 23.6. The van der Waals surface area contributed by atoms with Gasteiger partial charge < -0.3 is 25.0 Å². The molecule has 0 atom stereocenters. The third-order valence-corrected chi connectivity index (χ3v) is 12.8. The van der Waals surface area contributed by atoms with Gasteiger partial charge in [0.05, 0.1) is 0 Å². The van der Waals surface area contributed by atoms with Gasteiger partial charge in [-0.15, -0.1) is 0 Å². The van der Waals surface area contributed by atoms with Crippen LogP contribution in [0.25, 0.3) is 0 Å². The van der Waals surface area contributed by atoms with Gasteiger partial charge in [0.15, 0.2) is 16.6 Å². The van der Waals surface area contributed by atoms with Crippen molar-refractivity contribution in [2.75, 3.05) is 26.3 Å². The van der Waals surface area contributed by atoms with E-state index in [9.17, 15) is 9.59 Å². The number of aliphatic hydroxyl groups is 2. The maximum atomic E-state index is 11.8. The number of carbonyl (C=O) groups excluding carboxylic acids is 2. The first-order valence-electron chi connectivity index (χ1n) is 12.1. The Hall–Kier alpha value is -0.746. The molecule has 0 aromatic rings. The van der Waals surface area contributed by atoms with E-state index in [2.05, 4.69) is 36.8 Å². The van der Waals surface area contributed by atoms with Crippen LogP contribution in [-0.2, 0) is 13.7 Å². The lowest BCUT2D eigenvalue weighted by Gasteiger charge is -2.34. The van der Waals surface area contributed by atoms with Crippen molar-refractivity contribution in [2.24, 2.45) is 0 Å². The van der Waals surface area contributed by atoms with E-state index in [1.807, 2.05) is 0 Å². The van der Waals surface area contributed by atoms with Crippen molar-refractivity contribution in [3.8, 4) is 0 Å². The van der Waals surface area contributed by atoms with Crippen molar-refractivity contribution in [3.63, 3.8) is 0 Å². The summed E-state index contributed by atoms with van der Waals surface area (Å²) in [6.07, 6.45) is 7.95. The fourth-order valence-electron chi connectivity index (χ4n) is 3.66. The van der Waals surface area contributed by atoms with Crippen molar-refractivity contribution in [3.05, 3.63) is 0 Å². The van der Waals surface area contributed by atoms with Crippen LogP contribution in [0, 0.1) is 0 Å². The molecule has 0 aromatic carbocycles. The number of hydrogen-bond acceptors (Lipinski definition) is 5. The molecular weight excluding hydrogens is 428 g/mol. The second-order valence-electron chi connectivity index (χ2n) is 9.60. The van der Waals surface area contributed by atoms with E-state index < -0.39 is 16.6 Å². The van der Waals surface area contributed by atoms with Crippen LogP contribution in [0.2, 0.25) is 38.3 Å². The minimum Gasteiger partial charge on any atom is -0.455 e. The fraction of sp³-hybridized carbons (Fsp3) is 0.909. The van der Waals surface area contributed by atoms with Crippen molar-refractivity contribution < 1.29 is 23.9 Å². The molecule has 0 unspecified atom stereocenters. The van der Waals surface area contributed by atoms with Crippen LogP contribution in [0.1, 0.15) is 64.2 Å². The monoisotopic (exact) mass is 476 g/mol. The molecule has 0 spiro atoms. The van der Waals surface area contributed by atoms with E-state index in [1.165, 1.54) is 0 Å². The minimum atomic E-state index is -1.78. The van der Waals surface area contributed by atoms with Gasteiger partial charge in [-0.2, -0.15) is 0 Å². The number of rotatable bonds is 20. The number of hydrogen-bond donors (Lipinski definition) is 4.